The summed E-state index contributed by atoms with van der Waals surface area (Å²) < 4.78 is 1.87. The van der Waals surface area contributed by atoms with Crippen LogP contribution in [0, 0.1) is 10.1 Å². The van der Waals surface area contributed by atoms with Gasteiger partial charge in [-0.25, -0.2) is 0 Å². The molecule has 2 aromatic carbocycles. The van der Waals surface area contributed by atoms with Crippen LogP contribution in [0.15, 0.2) is 59.6 Å². The van der Waals surface area contributed by atoms with E-state index in [0.29, 0.717) is 24.3 Å². The Morgan fingerprint density at radius 1 is 1.00 bits per heavy atom. The molecule has 0 aliphatic carbocycles. The van der Waals surface area contributed by atoms with E-state index < -0.39 is 17.0 Å². The van der Waals surface area contributed by atoms with Gasteiger partial charge in [0.2, 0.25) is 11.8 Å². The number of nitrogens with two attached hydrogens (primary N) is 1. The first-order valence-electron chi connectivity index (χ1n) is 10.8. The van der Waals surface area contributed by atoms with Crippen LogP contribution in [0.2, 0.25) is 0 Å². The van der Waals surface area contributed by atoms with Gasteiger partial charge < -0.3 is 16.4 Å². The molecule has 1 aromatic heterocycles. The molecule has 9 nitrogen and oxygen atoms in total. The van der Waals surface area contributed by atoms with Crippen molar-refractivity contribution in [2.75, 3.05) is 6.54 Å². The number of nitrogens with one attached hydrogen (secondary N) is 2. The molecule has 1 saturated heterocycles. The molecule has 10 heteroatoms. The Morgan fingerprint density at radius 2 is 1.70 bits per heavy atom. The van der Waals surface area contributed by atoms with E-state index in [2.05, 4.69) is 10.6 Å². The van der Waals surface area contributed by atoms with Gasteiger partial charge in [0.25, 0.3) is 5.69 Å². The number of para-hydroxylation sites is 2. The van der Waals surface area contributed by atoms with E-state index >= 15 is 0 Å². The number of nitro groups is 1. The first kappa shape index (κ1) is 22.8. The molecule has 0 bridgehead atoms. The van der Waals surface area contributed by atoms with Crippen molar-refractivity contribution in [3.63, 3.8) is 0 Å². The van der Waals surface area contributed by atoms with Crippen molar-refractivity contribution < 1.29 is 14.5 Å². The van der Waals surface area contributed by atoms with Crippen molar-refractivity contribution in [2.24, 2.45) is 5.73 Å². The largest absolute Gasteiger partial charge is 0.343 e. The highest BCUT2D eigenvalue weighted by atomic mass is 32.2. The van der Waals surface area contributed by atoms with E-state index in [4.69, 9.17) is 5.73 Å². The van der Waals surface area contributed by atoms with Crippen molar-refractivity contribution >= 4 is 40.4 Å². The van der Waals surface area contributed by atoms with E-state index in [0.717, 1.165) is 29.3 Å². The summed E-state index contributed by atoms with van der Waals surface area (Å²) in [5.41, 5.74) is 7.28. The van der Waals surface area contributed by atoms with Crippen molar-refractivity contribution in [3.8, 4) is 0 Å². The molecule has 4 N–H and O–H groups in total. The summed E-state index contributed by atoms with van der Waals surface area (Å²) in [6.07, 6.45) is 4.33. The monoisotopic (exact) mass is 467 g/mol. The molecule has 0 radical (unpaired) electrons. The first-order valence-corrected chi connectivity index (χ1v) is 11.6. The maximum absolute atomic E-state index is 12.7. The summed E-state index contributed by atoms with van der Waals surface area (Å²) in [7, 11) is 0. The fourth-order valence-corrected chi connectivity index (χ4v) is 5.01. The van der Waals surface area contributed by atoms with Crippen LogP contribution in [-0.4, -0.2) is 39.3 Å². The third kappa shape index (κ3) is 5.01. The molecular weight excluding hydrogens is 442 g/mol. The summed E-state index contributed by atoms with van der Waals surface area (Å²) in [4.78, 5) is 36.7. The van der Waals surface area contributed by atoms with Crippen LogP contribution in [0.4, 0.5) is 5.69 Å². The van der Waals surface area contributed by atoms with Gasteiger partial charge >= 0.3 is 0 Å². The number of rotatable bonds is 9. The van der Waals surface area contributed by atoms with Crippen LogP contribution in [0.1, 0.15) is 24.8 Å². The maximum Gasteiger partial charge on any atom is 0.284 e. The van der Waals surface area contributed by atoms with Crippen molar-refractivity contribution in [1.29, 1.82) is 0 Å². The molecule has 3 aromatic rings. The molecule has 33 heavy (non-hydrogen) atoms. The zero-order chi connectivity index (χ0) is 23.4. The number of nitrogens with zero attached hydrogens (tertiary/aromatic N) is 2. The summed E-state index contributed by atoms with van der Waals surface area (Å²) >= 11 is 1.24. The van der Waals surface area contributed by atoms with Crippen LogP contribution in [0.25, 0.3) is 10.9 Å². The van der Waals surface area contributed by atoms with E-state index in [9.17, 15) is 19.7 Å². The van der Waals surface area contributed by atoms with E-state index in [1.165, 1.54) is 18.0 Å². The average molecular weight is 468 g/mol. The smallest absolute Gasteiger partial charge is 0.284 e. The molecule has 2 heterocycles. The van der Waals surface area contributed by atoms with Gasteiger partial charge in [0.05, 0.1) is 10.4 Å². The first-order chi connectivity index (χ1) is 16.0. The van der Waals surface area contributed by atoms with Gasteiger partial charge in [-0.1, -0.05) is 30.3 Å². The van der Waals surface area contributed by atoms with E-state index in [-0.39, 0.29) is 17.5 Å². The van der Waals surface area contributed by atoms with Crippen LogP contribution >= 0.6 is 11.9 Å². The molecule has 0 saturated carbocycles. The minimum Gasteiger partial charge on any atom is -0.343 e. The molecule has 2 amide bonds. The zero-order valence-corrected chi connectivity index (χ0v) is 18.7. The van der Waals surface area contributed by atoms with Gasteiger partial charge in [0.1, 0.15) is 17.0 Å². The molecular formula is C23H25N5O4S. The van der Waals surface area contributed by atoms with Gasteiger partial charge in [-0.3, -0.25) is 23.7 Å². The lowest BCUT2D eigenvalue weighted by molar-refractivity contribution is -0.387. The van der Waals surface area contributed by atoms with Gasteiger partial charge in [0, 0.05) is 24.1 Å². The predicted octanol–water partition coefficient (Wildman–Crippen LogP) is 2.76. The Labute approximate surface area is 195 Å². The minimum atomic E-state index is -0.682. The maximum atomic E-state index is 12.7. The normalized spacial score (nSPS) is 18.2. The topological polar surface area (TPSA) is 132 Å². The van der Waals surface area contributed by atoms with Gasteiger partial charge in [-0.05, 0) is 55.5 Å². The summed E-state index contributed by atoms with van der Waals surface area (Å²) in [5, 5.41) is 18.0. The Hall–Kier alpha value is -3.37. The number of unbranched alkanes of at least 4 members (excludes halogenated alkanes) is 1. The fourth-order valence-electron chi connectivity index (χ4n) is 3.98. The van der Waals surface area contributed by atoms with Crippen molar-refractivity contribution in [2.45, 2.75) is 42.7 Å². The Morgan fingerprint density at radius 3 is 2.48 bits per heavy atom. The highest BCUT2D eigenvalue weighted by molar-refractivity contribution is 7.98. The molecule has 2 atom stereocenters. The summed E-state index contributed by atoms with van der Waals surface area (Å²) in [6, 6.07) is 13.0. The number of nitro benzene ring substituents is 1. The predicted molar refractivity (Wildman–Crippen MR) is 127 cm³/mol. The molecule has 1 aliphatic heterocycles. The molecule has 1 aliphatic rings. The zero-order valence-electron chi connectivity index (χ0n) is 17.9. The lowest BCUT2D eigenvalue weighted by Gasteiger charge is -2.29. The van der Waals surface area contributed by atoms with Crippen LogP contribution in [0.5, 0.6) is 0 Å². The molecule has 0 spiro atoms. The highest BCUT2D eigenvalue weighted by Crippen LogP contribution is 2.34. The summed E-state index contributed by atoms with van der Waals surface area (Å²) in [6.45, 7) is 0.555. The number of carbonyl (C=O) groups excluding carboxylic acids is 2. The van der Waals surface area contributed by atoms with Crippen molar-refractivity contribution in [1.82, 2.24) is 14.6 Å². The third-order valence-corrected chi connectivity index (χ3v) is 6.70. The number of hydrogen-bond donors (Lipinski definition) is 3. The third-order valence-electron chi connectivity index (χ3n) is 5.66. The average Bonchev–Trinajstić information content (AvgIpc) is 3.14. The van der Waals surface area contributed by atoms with Gasteiger partial charge in [0.15, 0.2) is 0 Å². The second-order valence-corrected chi connectivity index (χ2v) is 8.94. The van der Waals surface area contributed by atoms with E-state index in [1.54, 1.807) is 18.2 Å². The Kier molecular flexibility index (Phi) is 6.95. The van der Waals surface area contributed by atoms with Crippen LogP contribution in [0.3, 0.4) is 0 Å². The van der Waals surface area contributed by atoms with Gasteiger partial charge in [-0.15, -0.1) is 0 Å². The summed E-state index contributed by atoms with van der Waals surface area (Å²) in [5.74, 6) is -0.398. The number of amides is 2. The molecule has 0 unspecified atom stereocenters. The van der Waals surface area contributed by atoms with Crippen LogP contribution in [-0.2, 0) is 16.0 Å². The fraction of sp³-hybridized carbons (Fsp3) is 0.304. The molecule has 1 fully saturated rings. The van der Waals surface area contributed by atoms with Gasteiger partial charge in [-0.2, -0.15) is 0 Å². The Bertz CT molecular complexity index is 1190. The number of hydrogen-bond acceptors (Lipinski definition) is 6. The van der Waals surface area contributed by atoms with E-state index in [1.807, 2.05) is 34.4 Å². The lowest BCUT2D eigenvalue weighted by Crippen LogP contribution is -2.62. The Balaban J connectivity index is 1.56. The second kappa shape index (κ2) is 10.1. The second-order valence-electron chi connectivity index (χ2n) is 7.92. The van der Waals surface area contributed by atoms with Crippen LogP contribution < -0.4 is 16.4 Å². The number of piperazine rings is 1. The standard InChI is InChI=1S/C23H25N5O4S/c24-12-6-5-8-17-22(29)26-18(23(30)25-17)13-15-14-27(19-9-2-1-7-16(15)19)33-21-11-4-3-10-20(21)28(31)32/h1-4,7,9-11,14,17-18H,5-6,8,12-13,24H2,(H,25,30)(H,26,29)/t17-,18+/m1/s1. The number of carbonyl (C=O) groups is 2. The molecule has 4 rings (SSSR count). The molecule has 172 valence electrons. The number of aromatic nitrogens is 1. The minimum absolute atomic E-state index is 0.0291. The lowest BCUT2D eigenvalue weighted by atomic mass is 9.99. The highest BCUT2D eigenvalue weighted by Gasteiger charge is 2.33. The number of fused-ring (bicyclic) bond motifs is 1. The SMILES string of the molecule is NCCCC[C@H]1NC(=O)[C@H](Cc2cn(Sc3ccccc3[N+](=O)[O-])c3ccccc23)NC1=O. The quantitative estimate of drug-likeness (QED) is 0.252. The van der Waals surface area contributed by atoms with Crippen molar-refractivity contribution in [3.05, 3.63) is 70.4 Å². The number of benzene rings is 2.